The van der Waals surface area contributed by atoms with Crippen LogP contribution in [0.15, 0.2) is 48.7 Å². The van der Waals surface area contributed by atoms with Gasteiger partial charge in [0.05, 0.1) is 6.61 Å². The summed E-state index contributed by atoms with van der Waals surface area (Å²) < 4.78 is 0. The Kier molecular flexibility index (Phi) is 6.51. The number of aryl methyl sites for hydroxylation is 2. The molecule has 6 nitrogen and oxygen atoms in total. The van der Waals surface area contributed by atoms with Crippen LogP contribution in [-0.4, -0.2) is 45.8 Å². The number of fused-ring (bicyclic) bond motifs is 2. The molecule has 2 aromatic carbocycles. The van der Waals surface area contributed by atoms with Crippen LogP contribution in [-0.2, 0) is 17.6 Å². The minimum Gasteiger partial charge on any atom is -0.395 e. The van der Waals surface area contributed by atoms with E-state index in [1.54, 1.807) is 11.6 Å². The Morgan fingerprint density at radius 3 is 2.94 bits per heavy atom. The number of hydroxylamine groups is 1. The third kappa shape index (κ3) is 4.71. The summed E-state index contributed by atoms with van der Waals surface area (Å²) in [4.78, 5) is 17.0. The fraction of sp³-hybridized carbons (Fsp3) is 0.320. The summed E-state index contributed by atoms with van der Waals surface area (Å²) >= 11 is 0. The third-order valence-electron chi connectivity index (χ3n) is 6.17. The van der Waals surface area contributed by atoms with Crippen molar-refractivity contribution in [3.05, 3.63) is 76.5 Å². The molecule has 0 bridgehead atoms. The van der Waals surface area contributed by atoms with Gasteiger partial charge in [0.1, 0.15) is 0 Å². The minimum atomic E-state index is -0.542. The molecule has 0 aliphatic heterocycles. The molecule has 1 aliphatic carbocycles. The zero-order chi connectivity index (χ0) is 21.8. The van der Waals surface area contributed by atoms with E-state index in [4.69, 9.17) is 5.21 Å². The number of rotatable bonds is 8. The van der Waals surface area contributed by atoms with Crippen molar-refractivity contribution < 1.29 is 15.1 Å². The average Bonchev–Trinajstić information content (AvgIpc) is 3.38. The lowest BCUT2D eigenvalue weighted by Gasteiger charge is -2.29. The summed E-state index contributed by atoms with van der Waals surface area (Å²) in [6.45, 7) is 3.76. The van der Waals surface area contributed by atoms with E-state index in [1.807, 2.05) is 6.07 Å². The number of aromatic nitrogens is 1. The van der Waals surface area contributed by atoms with Crippen LogP contribution in [0.25, 0.3) is 17.0 Å². The van der Waals surface area contributed by atoms with Crippen LogP contribution in [0.4, 0.5) is 0 Å². The van der Waals surface area contributed by atoms with Gasteiger partial charge >= 0.3 is 0 Å². The number of carbonyl (C=O) groups excluding carboxylic acids is 1. The molecule has 3 aromatic rings. The van der Waals surface area contributed by atoms with Crippen LogP contribution >= 0.6 is 0 Å². The Balaban J connectivity index is 1.49. The summed E-state index contributed by atoms with van der Waals surface area (Å²) in [5.41, 5.74) is 8.84. The number of aliphatic hydroxyl groups is 1. The van der Waals surface area contributed by atoms with E-state index < -0.39 is 5.91 Å². The van der Waals surface area contributed by atoms with Gasteiger partial charge < -0.3 is 10.1 Å². The van der Waals surface area contributed by atoms with Crippen LogP contribution in [0, 0.1) is 6.92 Å². The fourth-order valence-electron chi connectivity index (χ4n) is 4.63. The molecule has 162 valence electrons. The zero-order valence-electron chi connectivity index (χ0n) is 17.8. The first-order valence-corrected chi connectivity index (χ1v) is 10.8. The molecular weight excluding hydrogens is 390 g/mol. The monoisotopic (exact) mass is 419 g/mol. The second-order valence-electron chi connectivity index (χ2n) is 8.19. The van der Waals surface area contributed by atoms with E-state index in [-0.39, 0.29) is 12.6 Å². The first-order chi connectivity index (χ1) is 15.1. The Labute approximate surface area is 182 Å². The van der Waals surface area contributed by atoms with Gasteiger partial charge in [0.15, 0.2) is 0 Å². The molecule has 1 unspecified atom stereocenters. The molecule has 4 rings (SSSR count). The van der Waals surface area contributed by atoms with Crippen molar-refractivity contribution in [2.45, 2.75) is 32.2 Å². The molecule has 1 heterocycles. The number of hydrogen-bond acceptors (Lipinski definition) is 4. The Morgan fingerprint density at radius 1 is 1.26 bits per heavy atom. The van der Waals surface area contributed by atoms with Gasteiger partial charge in [-0.05, 0) is 66.1 Å². The van der Waals surface area contributed by atoms with Gasteiger partial charge in [0.25, 0.3) is 5.91 Å². The highest BCUT2D eigenvalue weighted by Gasteiger charge is 2.27. The van der Waals surface area contributed by atoms with Gasteiger partial charge in [-0.25, -0.2) is 5.48 Å². The normalized spacial score (nSPS) is 15.8. The maximum Gasteiger partial charge on any atom is 0.267 e. The molecule has 1 atom stereocenters. The van der Waals surface area contributed by atoms with E-state index in [9.17, 15) is 9.90 Å². The van der Waals surface area contributed by atoms with Crippen molar-refractivity contribution in [3.8, 4) is 0 Å². The number of nitrogens with zero attached hydrogens (tertiary/aromatic N) is 1. The summed E-state index contributed by atoms with van der Waals surface area (Å²) in [6.07, 6.45) is 8.03. The molecule has 1 aliphatic rings. The first kappa shape index (κ1) is 21.3. The summed E-state index contributed by atoms with van der Waals surface area (Å²) in [7, 11) is 0. The summed E-state index contributed by atoms with van der Waals surface area (Å²) in [5, 5.41) is 19.6. The molecule has 0 saturated carbocycles. The van der Waals surface area contributed by atoms with Crippen LogP contribution in [0.3, 0.4) is 0 Å². The molecule has 0 spiro atoms. The third-order valence-corrected chi connectivity index (χ3v) is 6.17. The second-order valence-corrected chi connectivity index (χ2v) is 8.19. The zero-order valence-corrected chi connectivity index (χ0v) is 17.8. The number of benzene rings is 2. The van der Waals surface area contributed by atoms with Crippen molar-refractivity contribution >= 4 is 22.9 Å². The standard InChI is InChI=1S/C25H29N3O3/c1-17-2-6-21-20(16-26-23(21)14-17)10-11-28(12-13-29)24-8-5-19-15-18(3-7-22(19)24)4-9-25(30)27-31/h2-4,6-7,9,14-16,24,26,29,31H,5,8,10-13H2,1H3,(H,27,30). The molecular formula is C25H29N3O3. The second kappa shape index (κ2) is 9.47. The van der Waals surface area contributed by atoms with E-state index in [1.165, 1.54) is 39.2 Å². The van der Waals surface area contributed by atoms with Crippen LogP contribution in [0.2, 0.25) is 0 Å². The predicted molar refractivity (Wildman–Crippen MR) is 122 cm³/mol. The van der Waals surface area contributed by atoms with Gasteiger partial charge in [-0.2, -0.15) is 0 Å². The SMILES string of the molecule is Cc1ccc2c(CCN(CCO)C3CCc4cc(C=CC(=O)NO)ccc43)c[nH]c2c1. The number of aliphatic hydroxyl groups excluding tert-OH is 1. The van der Waals surface area contributed by atoms with Crippen molar-refractivity contribution in [1.29, 1.82) is 0 Å². The number of hydrogen-bond donors (Lipinski definition) is 4. The Bertz CT molecular complexity index is 1100. The average molecular weight is 420 g/mol. The number of aromatic amines is 1. The largest absolute Gasteiger partial charge is 0.395 e. The molecule has 1 aromatic heterocycles. The van der Waals surface area contributed by atoms with Crippen molar-refractivity contribution in [1.82, 2.24) is 15.4 Å². The van der Waals surface area contributed by atoms with Gasteiger partial charge in [-0.1, -0.05) is 30.3 Å². The Morgan fingerprint density at radius 2 is 2.13 bits per heavy atom. The number of carbonyl (C=O) groups is 1. The quantitative estimate of drug-likeness (QED) is 0.256. The molecule has 1 amide bonds. The minimum absolute atomic E-state index is 0.135. The lowest BCUT2D eigenvalue weighted by molar-refractivity contribution is -0.124. The molecule has 6 heteroatoms. The number of H-pyrrole nitrogens is 1. The number of nitrogens with one attached hydrogen (secondary N) is 2. The van der Waals surface area contributed by atoms with Crippen molar-refractivity contribution in [2.24, 2.45) is 0 Å². The van der Waals surface area contributed by atoms with Crippen LogP contribution in [0.1, 0.15) is 40.3 Å². The first-order valence-electron chi connectivity index (χ1n) is 10.8. The van der Waals surface area contributed by atoms with E-state index in [0.29, 0.717) is 6.54 Å². The van der Waals surface area contributed by atoms with Gasteiger partial charge in [0, 0.05) is 42.3 Å². The van der Waals surface area contributed by atoms with Crippen molar-refractivity contribution in [3.63, 3.8) is 0 Å². The highest BCUT2D eigenvalue weighted by atomic mass is 16.5. The highest BCUT2D eigenvalue weighted by molar-refractivity contribution is 5.90. The lowest BCUT2D eigenvalue weighted by atomic mass is 10.0. The predicted octanol–water partition coefficient (Wildman–Crippen LogP) is 3.52. The van der Waals surface area contributed by atoms with E-state index in [0.717, 1.165) is 31.4 Å². The van der Waals surface area contributed by atoms with E-state index in [2.05, 4.69) is 53.3 Å². The molecule has 0 fully saturated rings. The van der Waals surface area contributed by atoms with Gasteiger partial charge in [-0.15, -0.1) is 0 Å². The van der Waals surface area contributed by atoms with E-state index >= 15 is 0 Å². The van der Waals surface area contributed by atoms with Crippen LogP contribution in [0.5, 0.6) is 0 Å². The molecule has 31 heavy (non-hydrogen) atoms. The van der Waals surface area contributed by atoms with Crippen LogP contribution < -0.4 is 5.48 Å². The summed E-state index contributed by atoms with van der Waals surface area (Å²) in [5.74, 6) is -0.542. The lowest BCUT2D eigenvalue weighted by Crippen LogP contribution is -2.32. The van der Waals surface area contributed by atoms with Gasteiger partial charge in [0.2, 0.25) is 0 Å². The fourth-order valence-corrected chi connectivity index (χ4v) is 4.63. The maximum absolute atomic E-state index is 11.2. The molecule has 0 saturated heterocycles. The number of amides is 1. The summed E-state index contributed by atoms with van der Waals surface area (Å²) in [6, 6.07) is 13.0. The smallest absolute Gasteiger partial charge is 0.267 e. The molecule has 4 N–H and O–H groups in total. The van der Waals surface area contributed by atoms with Gasteiger partial charge in [-0.3, -0.25) is 14.9 Å². The maximum atomic E-state index is 11.2. The highest BCUT2D eigenvalue weighted by Crippen LogP contribution is 2.36. The topological polar surface area (TPSA) is 88.6 Å². The molecule has 0 radical (unpaired) electrons. The Hall–Kier alpha value is -2.93. The van der Waals surface area contributed by atoms with Crippen molar-refractivity contribution in [2.75, 3.05) is 19.7 Å².